The van der Waals surface area contributed by atoms with Gasteiger partial charge in [0.1, 0.15) is 42.7 Å². The Morgan fingerprint density at radius 1 is 0.818 bits per heavy atom. The van der Waals surface area contributed by atoms with Crippen LogP contribution in [0.2, 0.25) is 0 Å². The van der Waals surface area contributed by atoms with E-state index in [1.807, 2.05) is 0 Å². The summed E-state index contributed by atoms with van der Waals surface area (Å²) in [7, 11) is 0. The van der Waals surface area contributed by atoms with Crippen molar-refractivity contribution in [3.8, 4) is 0 Å². The van der Waals surface area contributed by atoms with Crippen LogP contribution in [0, 0.1) is 0 Å². The maximum absolute atomic E-state index is 10.0. The summed E-state index contributed by atoms with van der Waals surface area (Å²) in [6.45, 7) is 2.84. The molecule has 0 aromatic carbocycles. The molecule has 2 saturated heterocycles. The van der Waals surface area contributed by atoms with E-state index in [1.54, 1.807) is 13.8 Å². The van der Waals surface area contributed by atoms with Crippen LogP contribution >= 0.6 is 0 Å². The molecular formula is C13H24O9. The molecule has 8 atom stereocenters. The van der Waals surface area contributed by atoms with Gasteiger partial charge in [0.15, 0.2) is 6.29 Å². The molecule has 0 saturated carbocycles. The summed E-state index contributed by atoms with van der Waals surface area (Å²) >= 11 is 0. The van der Waals surface area contributed by atoms with E-state index in [2.05, 4.69) is 0 Å². The summed E-state index contributed by atoms with van der Waals surface area (Å²) < 4.78 is 15.9. The minimum absolute atomic E-state index is 0.156. The molecule has 0 aromatic heterocycles. The summed E-state index contributed by atoms with van der Waals surface area (Å²) in [6, 6.07) is 0. The number of ether oxygens (including phenoxy) is 3. The Morgan fingerprint density at radius 2 is 1.45 bits per heavy atom. The Bertz CT molecular complexity index is 377. The molecule has 0 spiro atoms. The van der Waals surface area contributed by atoms with E-state index in [1.165, 1.54) is 0 Å². The predicted octanol–water partition coefficient (Wildman–Crippen LogP) is -3.30. The van der Waals surface area contributed by atoms with Gasteiger partial charge in [0.25, 0.3) is 0 Å². The Morgan fingerprint density at radius 3 is 2.09 bits per heavy atom. The lowest BCUT2D eigenvalue weighted by molar-refractivity contribution is -0.299. The lowest BCUT2D eigenvalue weighted by Crippen LogP contribution is -2.63. The fourth-order valence-electron chi connectivity index (χ4n) is 2.76. The Balaban J connectivity index is 2.04. The minimum Gasteiger partial charge on any atom is -0.388 e. The molecule has 0 amide bonds. The third-order valence-corrected chi connectivity index (χ3v) is 4.10. The quantitative estimate of drug-likeness (QED) is 0.314. The van der Waals surface area contributed by atoms with Crippen molar-refractivity contribution in [2.45, 2.75) is 68.5 Å². The normalized spacial score (nSPS) is 47.5. The molecule has 0 aromatic rings. The van der Waals surface area contributed by atoms with Crippen LogP contribution in [0.25, 0.3) is 0 Å². The van der Waals surface area contributed by atoms with Crippen molar-refractivity contribution in [1.82, 2.24) is 0 Å². The number of aliphatic hydroxyl groups is 6. The van der Waals surface area contributed by atoms with Crippen LogP contribution in [0.4, 0.5) is 0 Å². The van der Waals surface area contributed by atoms with Gasteiger partial charge in [-0.3, -0.25) is 0 Å². The first-order chi connectivity index (χ1) is 10.1. The van der Waals surface area contributed by atoms with E-state index < -0.39 is 54.6 Å². The van der Waals surface area contributed by atoms with Crippen LogP contribution in [-0.2, 0) is 14.2 Å². The van der Waals surface area contributed by atoms with Crippen LogP contribution < -0.4 is 0 Å². The third-order valence-electron chi connectivity index (χ3n) is 4.10. The molecule has 6 N–H and O–H groups in total. The molecule has 2 aliphatic heterocycles. The van der Waals surface area contributed by atoms with Crippen molar-refractivity contribution < 1.29 is 44.8 Å². The lowest BCUT2D eigenvalue weighted by Gasteiger charge is -2.46. The maximum Gasteiger partial charge on any atom is 0.183 e. The van der Waals surface area contributed by atoms with E-state index in [4.69, 9.17) is 14.2 Å². The second kappa shape index (κ2) is 6.63. The van der Waals surface area contributed by atoms with Crippen molar-refractivity contribution in [2.24, 2.45) is 0 Å². The fourth-order valence-corrected chi connectivity index (χ4v) is 2.76. The molecule has 2 heterocycles. The zero-order chi connectivity index (χ0) is 16.7. The molecule has 22 heavy (non-hydrogen) atoms. The number of hydrogen-bond donors (Lipinski definition) is 6. The SMILES string of the molecule is CC(C)(OC1COC(O)C(O)C1O)C1OCC(O)C(O)C1O. The van der Waals surface area contributed by atoms with Crippen molar-refractivity contribution in [3.05, 3.63) is 0 Å². The van der Waals surface area contributed by atoms with Gasteiger partial charge < -0.3 is 44.8 Å². The smallest absolute Gasteiger partial charge is 0.183 e. The summed E-state index contributed by atoms with van der Waals surface area (Å²) in [5, 5.41) is 58.1. The summed E-state index contributed by atoms with van der Waals surface area (Å²) in [6.07, 6.45) is -10.2. The molecule has 0 bridgehead atoms. The predicted molar refractivity (Wildman–Crippen MR) is 70.7 cm³/mol. The van der Waals surface area contributed by atoms with Crippen LogP contribution in [0.1, 0.15) is 13.8 Å². The van der Waals surface area contributed by atoms with Gasteiger partial charge in [-0.15, -0.1) is 0 Å². The molecular weight excluding hydrogens is 300 g/mol. The monoisotopic (exact) mass is 324 g/mol. The van der Waals surface area contributed by atoms with Gasteiger partial charge in [-0.2, -0.15) is 0 Å². The Labute approximate surface area is 127 Å². The first kappa shape index (κ1) is 18.0. The van der Waals surface area contributed by atoms with E-state index in [0.717, 1.165) is 0 Å². The van der Waals surface area contributed by atoms with E-state index in [9.17, 15) is 30.6 Å². The Kier molecular flexibility index (Phi) is 5.42. The van der Waals surface area contributed by atoms with Gasteiger partial charge in [-0.25, -0.2) is 0 Å². The van der Waals surface area contributed by atoms with Gasteiger partial charge in [0, 0.05) is 0 Å². The average molecular weight is 324 g/mol. The molecule has 130 valence electrons. The van der Waals surface area contributed by atoms with Gasteiger partial charge >= 0.3 is 0 Å². The van der Waals surface area contributed by atoms with E-state index in [0.29, 0.717) is 0 Å². The summed E-state index contributed by atoms with van der Waals surface area (Å²) in [5.74, 6) is 0. The second-order valence-electron chi connectivity index (χ2n) is 6.27. The molecule has 0 aliphatic carbocycles. The molecule has 0 radical (unpaired) electrons. The van der Waals surface area contributed by atoms with Gasteiger partial charge in [-0.1, -0.05) is 0 Å². The van der Waals surface area contributed by atoms with Gasteiger partial charge in [0.2, 0.25) is 0 Å². The molecule has 8 unspecified atom stereocenters. The highest BCUT2D eigenvalue weighted by atomic mass is 16.6. The van der Waals surface area contributed by atoms with Crippen LogP contribution in [0.3, 0.4) is 0 Å². The number of aliphatic hydroxyl groups excluding tert-OH is 6. The van der Waals surface area contributed by atoms with E-state index in [-0.39, 0.29) is 13.2 Å². The van der Waals surface area contributed by atoms with Crippen LogP contribution in [-0.4, -0.2) is 98.5 Å². The fraction of sp³-hybridized carbons (Fsp3) is 1.00. The number of hydrogen-bond acceptors (Lipinski definition) is 9. The summed E-state index contributed by atoms with van der Waals surface area (Å²) in [4.78, 5) is 0. The van der Waals surface area contributed by atoms with Crippen molar-refractivity contribution >= 4 is 0 Å². The number of rotatable bonds is 3. The highest BCUT2D eigenvalue weighted by molar-refractivity contribution is 4.97. The lowest BCUT2D eigenvalue weighted by atomic mass is 9.88. The molecule has 2 aliphatic rings. The zero-order valence-corrected chi connectivity index (χ0v) is 12.4. The minimum atomic E-state index is -1.51. The highest BCUT2D eigenvalue weighted by Gasteiger charge is 2.49. The highest BCUT2D eigenvalue weighted by Crippen LogP contribution is 2.30. The topological polar surface area (TPSA) is 149 Å². The van der Waals surface area contributed by atoms with Crippen molar-refractivity contribution in [3.63, 3.8) is 0 Å². The van der Waals surface area contributed by atoms with E-state index >= 15 is 0 Å². The first-order valence-corrected chi connectivity index (χ1v) is 7.14. The second-order valence-corrected chi connectivity index (χ2v) is 6.27. The Hall–Kier alpha value is -0.360. The standard InChI is InChI=1S/C13H24O9/c1-13(2,11-9(17)7(15)5(14)3-20-11)22-6-4-21-12(19)10(18)8(6)16/h5-12,14-19H,3-4H2,1-2H3. The largest absolute Gasteiger partial charge is 0.388 e. The molecule has 2 rings (SSSR count). The average Bonchev–Trinajstić information content (AvgIpc) is 2.45. The van der Waals surface area contributed by atoms with Gasteiger partial charge in [0.05, 0.1) is 18.8 Å². The molecule has 2 fully saturated rings. The maximum atomic E-state index is 10.0. The first-order valence-electron chi connectivity index (χ1n) is 7.14. The molecule has 9 nitrogen and oxygen atoms in total. The van der Waals surface area contributed by atoms with Crippen LogP contribution in [0.5, 0.6) is 0 Å². The zero-order valence-electron chi connectivity index (χ0n) is 12.4. The van der Waals surface area contributed by atoms with Gasteiger partial charge in [-0.05, 0) is 13.8 Å². The van der Waals surface area contributed by atoms with Crippen molar-refractivity contribution in [1.29, 1.82) is 0 Å². The van der Waals surface area contributed by atoms with Crippen molar-refractivity contribution in [2.75, 3.05) is 13.2 Å². The summed E-state index contributed by atoms with van der Waals surface area (Å²) in [5.41, 5.74) is -1.16. The third kappa shape index (κ3) is 3.42. The molecule has 9 heteroatoms. The van der Waals surface area contributed by atoms with Crippen LogP contribution in [0.15, 0.2) is 0 Å².